The highest BCUT2D eigenvalue weighted by atomic mass is 19.1. The van der Waals surface area contributed by atoms with E-state index in [0.29, 0.717) is 6.04 Å². The zero-order chi connectivity index (χ0) is 21.5. The Morgan fingerprint density at radius 2 is 1.77 bits per heavy atom. The summed E-state index contributed by atoms with van der Waals surface area (Å²) in [6, 6.07) is 4.70. The molecule has 0 aromatic heterocycles. The van der Waals surface area contributed by atoms with Crippen LogP contribution < -0.4 is 10.6 Å². The lowest BCUT2D eigenvalue weighted by Gasteiger charge is -2.36. The molecule has 1 saturated carbocycles. The fourth-order valence-electron chi connectivity index (χ4n) is 4.71. The topological polar surface area (TPSA) is 42.9 Å². The Bertz CT molecular complexity index is 675. The summed E-state index contributed by atoms with van der Waals surface area (Å²) in [6.45, 7) is 5.30. The van der Waals surface area contributed by atoms with Crippen LogP contribution in [0, 0.1) is 11.6 Å². The van der Waals surface area contributed by atoms with Gasteiger partial charge >= 0.3 is 0 Å². The van der Waals surface area contributed by atoms with Crippen molar-refractivity contribution in [3.63, 3.8) is 0 Å². The highest BCUT2D eigenvalue weighted by Gasteiger charge is 2.27. The minimum absolute atomic E-state index is 0.0759. The number of likely N-dealkylation sites (N-methyl/N-ethyl adjacent to an activating group) is 1. The van der Waals surface area contributed by atoms with E-state index in [0.717, 1.165) is 44.5 Å². The summed E-state index contributed by atoms with van der Waals surface area (Å²) < 4.78 is 28.6. The van der Waals surface area contributed by atoms with Gasteiger partial charge in [0, 0.05) is 37.3 Å². The van der Waals surface area contributed by atoms with Crippen LogP contribution in [-0.4, -0.2) is 68.1 Å². The fourth-order valence-corrected chi connectivity index (χ4v) is 4.71. The van der Waals surface area contributed by atoms with Gasteiger partial charge in [-0.3, -0.25) is 4.99 Å². The van der Waals surface area contributed by atoms with Gasteiger partial charge in [0.05, 0.1) is 12.6 Å². The van der Waals surface area contributed by atoms with Crippen LogP contribution in [-0.2, 0) is 0 Å². The van der Waals surface area contributed by atoms with Gasteiger partial charge in [0.25, 0.3) is 0 Å². The lowest BCUT2D eigenvalue weighted by atomic mass is 10.0. The molecule has 2 N–H and O–H groups in total. The van der Waals surface area contributed by atoms with E-state index < -0.39 is 17.7 Å². The second kappa shape index (κ2) is 11.0. The van der Waals surface area contributed by atoms with Gasteiger partial charge in [-0.15, -0.1) is 0 Å². The number of halogens is 2. The van der Waals surface area contributed by atoms with Crippen LogP contribution in [0.3, 0.4) is 0 Å². The fraction of sp³-hybridized carbons (Fsp3) is 0.696. The van der Waals surface area contributed by atoms with Crippen molar-refractivity contribution in [3.8, 4) is 0 Å². The Morgan fingerprint density at radius 1 is 1.13 bits per heavy atom. The number of piperidine rings is 1. The van der Waals surface area contributed by atoms with Crippen molar-refractivity contribution in [2.45, 2.75) is 63.6 Å². The van der Waals surface area contributed by atoms with Crippen LogP contribution in [0.5, 0.6) is 0 Å². The molecule has 1 aromatic rings. The molecule has 3 rings (SSSR count). The predicted molar refractivity (Wildman–Crippen MR) is 119 cm³/mol. The molecule has 1 heterocycles. The van der Waals surface area contributed by atoms with Crippen LogP contribution >= 0.6 is 0 Å². The average Bonchev–Trinajstić information content (AvgIpc) is 3.25. The molecule has 1 aromatic carbocycles. The van der Waals surface area contributed by atoms with Crippen molar-refractivity contribution < 1.29 is 8.78 Å². The number of nitrogens with zero attached hydrogens (tertiary/aromatic N) is 3. The standard InChI is InChI=1S/C23H37F2N5/c1-4-26-23(28-17-12-14-30(15-13-17)18-8-5-6-9-18)27-16-21(29(2)3)22-19(24)10-7-11-20(22)25/h7,10-11,17-18,21H,4-6,8-9,12-16H2,1-3H3,(H2,26,27,28). The minimum atomic E-state index is -0.527. The molecule has 1 aliphatic heterocycles. The van der Waals surface area contributed by atoms with Gasteiger partial charge in [0.15, 0.2) is 5.96 Å². The second-order valence-electron chi connectivity index (χ2n) is 8.73. The predicted octanol–water partition coefficient (Wildman–Crippen LogP) is 3.53. The summed E-state index contributed by atoms with van der Waals surface area (Å²) in [7, 11) is 3.65. The summed E-state index contributed by atoms with van der Waals surface area (Å²) >= 11 is 0. The van der Waals surface area contributed by atoms with Gasteiger partial charge in [-0.25, -0.2) is 8.78 Å². The minimum Gasteiger partial charge on any atom is -0.357 e. The van der Waals surface area contributed by atoms with E-state index in [2.05, 4.69) is 15.5 Å². The molecule has 5 nitrogen and oxygen atoms in total. The van der Waals surface area contributed by atoms with Gasteiger partial charge in [0.1, 0.15) is 11.6 Å². The van der Waals surface area contributed by atoms with Crippen LogP contribution in [0.25, 0.3) is 0 Å². The largest absolute Gasteiger partial charge is 0.357 e. The molecular weight excluding hydrogens is 384 g/mol. The molecule has 0 bridgehead atoms. The first kappa shape index (κ1) is 22.9. The maximum absolute atomic E-state index is 14.3. The molecule has 1 saturated heterocycles. The number of benzene rings is 1. The number of aliphatic imine (C=N–C) groups is 1. The van der Waals surface area contributed by atoms with E-state index in [4.69, 9.17) is 4.99 Å². The molecule has 7 heteroatoms. The van der Waals surface area contributed by atoms with Gasteiger partial charge in [0.2, 0.25) is 0 Å². The first-order valence-corrected chi connectivity index (χ1v) is 11.4. The number of hydrogen-bond donors (Lipinski definition) is 2. The summed E-state index contributed by atoms with van der Waals surface area (Å²) in [5.74, 6) is -0.331. The third-order valence-electron chi connectivity index (χ3n) is 6.43. The molecule has 30 heavy (non-hydrogen) atoms. The highest BCUT2D eigenvalue weighted by Crippen LogP contribution is 2.27. The summed E-state index contributed by atoms with van der Waals surface area (Å²) in [5.41, 5.74) is 0.0759. The number of likely N-dealkylation sites (tertiary alicyclic amines) is 1. The van der Waals surface area contributed by atoms with Crippen molar-refractivity contribution in [3.05, 3.63) is 35.4 Å². The number of guanidine groups is 1. The van der Waals surface area contributed by atoms with Crippen molar-refractivity contribution in [1.29, 1.82) is 0 Å². The monoisotopic (exact) mass is 421 g/mol. The molecule has 1 unspecified atom stereocenters. The molecule has 0 radical (unpaired) electrons. The number of hydrogen-bond acceptors (Lipinski definition) is 3. The molecule has 1 atom stereocenters. The lowest BCUT2D eigenvalue weighted by molar-refractivity contribution is 0.150. The Morgan fingerprint density at radius 3 is 2.33 bits per heavy atom. The summed E-state index contributed by atoms with van der Waals surface area (Å²) in [4.78, 5) is 9.16. The van der Waals surface area contributed by atoms with Crippen molar-refractivity contribution in [2.24, 2.45) is 4.99 Å². The van der Waals surface area contributed by atoms with Gasteiger partial charge in [-0.2, -0.15) is 0 Å². The smallest absolute Gasteiger partial charge is 0.191 e. The quantitative estimate of drug-likeness (QED) is 0.522. The van der Waals surface area contributed by atoms with Crippen LogP contribution in [0.1, 0.15) is 57.1 Å². The maximum Gasteiger partial charge on any atom is 0.191 e. The van der Waals surface area contributed by atoms with Crippen molar-refractivity contribution in [2.75, 3.05) is 40.3 Å². The van der Waals surface area contributed by atoms with Crippen LogP contribution in [0.4, 0.5) is 8.78 Å². The van der Waals surface area contributed by atoms with E-state index in [1.54, 1.807) is 0 Å². The molecule has 2 fully saturated rings. The van der Waals surface area contributed by atoms with Gasteiger partial charge in [-0.05, 0) is 58.8 Å². The zero-order valence-corrected chi connectivity index (χ0v) is 18.6. The Labute approximate surface area is 179 Å². The molecule has 168 valence electrons. The normalized spacial score (nSPS) is 20.7. The average molecular weight is 422 g/mol. The van der Waals surface area contributed by atoms with E-state index in [9.17, 15) is 8.78 Å². The van der Waals surface area contributed by atoms with Gasteiger partial charge in [-0.1, -0.05) is 18.9 Å². The molecular formula is C23H37F2N5. The van der Waals surface area contributed by atoms with Gasteiger partial charge < -0.3 is 20.4 Å². The zero-order valence-electron chi connectivity index (χ0n) is 18.6. The Kier molecular flexibility index (Phi) is 8.45. The lowest BCUT2D eigenvalue weighted by Crippen LogP contribution is -2.50. The summed E-state index contributed by atoms with van der Waals surface area (Å²) in [5, 5.41) is 6.84. The first-order chi connectivity index (χ1) is 14.5. The van der Waals surface area contributed by atoms with Crippen LogP contribution in [0.2, 0.25) is 0 Å². The third-order valence-corrected chi connectivity index (χ3v) is 6.43. The molecule has 0 spiro atoms. The Balaban J connectivity index is 1.62. The number of nitrogens with one attached hydrogen (secondary N) is 2. The second-order valence-corrected chi connectivity index (χ2v) is 8.73. The van der Waals surface area contributed by atoms with E-state index >= 15 is 0 Å². The first-order valence-electron chi connectivity index (χ1n) is 11.4. The molecule has 2 aliphatic rings. The van der Waals surface area contributed by atoms with Crippen molar-refractivity contribution >= 4 is 5.96 Å². The Hall–Kier alpha value is -1.73. The SMILES string of the molecule is CCNC(=NCC(c1c(F)cccc1F)N(C)C)NC1CCN(C2CCCC2)CC1. The van der Waals surface area contributed by atoms with Crippen LogP contribution in [0.15, 0.2) is 23.2 Å². The van der Waals surface area contributed by atoms with E-state index in [-0.39, 0.29) is 12.1 Å². The van der Waals surface area contributed by atoms with E-state index in [1.807, 2.05) is 25.9 Å². The molecule has 1 aliphatic carbocycles. The molecule has 0 amide bonds. The van der Waals surface area contributed by atoms with E-state index in [1.165, 1.54) is 43.9 Å². The third kappa shape index (κ3) is 5.91. The van der Waals surface area contributed by atoms with Crippen molar-refractivity contribution in [1.82, 2.24) is 20.4 Å². The summed E-state index contributed by atoms with van der Waals surface area (Å²) in [6.07, 6.45) is 7.63. The highest BCUT2D eigenvalue weighted by molar-refractivity contribution is 5.80. The number of rotatable bonds is 7. The maximum atomic E-state index is 14.3.